The van der Waals surface area contributed by atoms with Gasteiger partial charge in [0.05, 0.1) is 17.3 Å². The van der Waals surface area contributed by atoms with Crippen LogP contribution in [0.2, 0.25) is 5.02 Å². The number of hydrogen-bond donors (Lipinski definition) is 1. The van der Waals surface area contributed by atoms with Crippen LogP contribution in [0.4, 0.5) is 10.1 Å². The molecule has 2 aromatic rings. The number of rotatable bonds is 6. The quantitative estimate of drug-likeness (QED) is 0.781. The van der Waals surface area contributed by atoms with Gasteiger partial charge in [0.2, 0.25) is 5.91 Å². The summed E-state index contributed by atoms with van der Waals surface area (Å²) in [5.74, 6) is -0.187. The van der Waals surface area contributed by atoms with Crippen molar-refractivity contribution in [3.8, 4) is 5.75 Å². The standard InChI is InChI=1S/C21H23ClFN3O3/c1-15(29-17-8-6-16(23)7-9-17)21(28)26-12-10-25(11-13-26)14-20(27)24-19-5-3-2-4-18(19)22/h2-9,15H,10-14H2,1H3,(H,24,27)/t15-/m1/s1. The van der Waals surface area contributed by atoms with Crippen molar-refractivity contribution in [1.82, 2.24) is 9.80 Å². The topological polar surface area (TPSA) is 61.9 Å². The van der Waals surface area contributed by atoms with Crippen LogP contribution in [-0.2, 0) is 9.59 Å². The first-order valence-electron chi connectivity index (χ1n) is 9.40. The van der Waals surface area contributed by atoms with Gasteiger partial charge in [-0.15, -0.1) is 0 Å². The van der Waals surface area contributed by atoms with Crippen LogP contribution in [0.15, 0.2) is 48.5 Å². The molecule has 1 aliphatic heterocycles. The molecule has 1 fully saturated rings. The van der Waals surface area contributed by atoms with E-state index in [1.54, 1.807) is 36.1 Å². The van der Waals surface area contributed by atoms with E-state index in [0.717, 1.165) is 0 Å². The summed E-state index contributed by atoms with van der Waals surface area (Å²) in [5, 5.41) is 3.29. The Morgan fingerprint density at radius 1 is 1.10 bits per heavy atom. The number of carbonyl (C=O) groups excluding carboxylic acids is 2. The molecule has 1 saturated heterocycles. The highest BCUT2D eigenvalue weighted by Gasteiger charge is 2.26. The van der Waals surface area contributed by atoms with E-state index in [2.05, 4.69) is 5.32 Å². The molecule has 0 spiro atoms. The molecule has 0 aliphatic carbocycles. The number of nitrogens with one attached hydrogen (secondary N) is 1. The Hall–Kier alpha value is -2.64. The maximum absolute atomic E-state index is 13.0. The lowest BCUT2D eigenvalue weighted by Gasteiger charge is -2.35. The Kier molecular flexibility index (Phi) is 7.06. The monoisotopic (exact) mass is 419 g/mol. The van der Waals surface area contributed by atoms with Crippen molar-refractivity contribution in [2.24, 2.45) is 0 Å². The summed E-state index contributed by atoms with van der Waals surface area (Å²) in [4.78, 5) is 28.5. The number of amides is 2. The molecule has 1 heterocycles. The molecule has 6 nitrogen and oxygen atoms in total. The minimum absolute atomic E-state index is 0.130. The van der Waals surface area contributed by atoms with Gasteiger partial charge in [0, 0.05) is 26.2 Å². The zero-order valence-corrected chi connectivity index (χ0v) is 16.9. The summed E-state index contributed by atoms with van der Waals surface area (Å²) >= 11 is 6.06. The average molecular weight is 420 g/mol. The maximum atomic E-state index is 13.0. The van der Waals surface area contributed by atoms with E-state index >= 15 is 0 Å². The molecule has 8 heteroatoms. The molecular weight excluding hydrogens is 397 g/mol. The van der Waals surface area contributed by atoms with Crippen molar-refractivity contribution < 1.29 is 18.7 Å². The van der Waals surface area contributed by atoms with Crippen molar-refractivity contribution in [3.05, 3.63) is 59.4 Å². The highest BCUT2D eigenvalue weighted by Crippen LogP contribution is 2.20. The van der Waals surface area contributed by atoms with Crippen molar-refractivity contribution >= 4 is 29.1 Å². The summed E-state index contributed by atoms with van der Waals surface area (Å²) in [6.45, 7) is 4.10. The fourth-order valence-electron chi connectivity index (χ4n) is 3.11. The minimum Gasteiger partial charge on any atom is -0.481 e. The predicted octanol–water partition coefficient (Wildman–Crippen LogP) is 3.03. The zero-order chi connectivity index (χ0) is 20.8. The number of nitrogens with zero attached hydrogens (tertiary/aromatic N) is 2. The van der Waals surface area contributed by atoms with Gasteiger partial charge in [-0.05, 0) is 43.3 Å². The summed E-state index contributed by atoms with van der Waals surface area (Å²) in [5.41, 5.74) is 0.583. The van der Waals surface area contributed by atoms with Gasteiger partial charge in [0.1, 0.15) is 11.6 Å². The summed E-state index contributed by atoms with van der Waals surface area (Å²) in [6, 6.07) is 12.6. The molecule has 2 aromatic carbocycles. The maximum Gasteiger partial charge on any atom is 0.263 e. The molecule has 0 bridgehead atoms. The third-order valence-electron chi connectivity index (χ3n) is 4.67. The number of ether oxygens (including phenoxy) is 1. The molecule has 1 N–H and O–H groups in total. The van der Waals surface area contributed by atoms with Crippen molar-refractivity contribution in [3.63, 3.8) is 0 Å². The summed E-state index contributed by atoms with van der Waals surface area (Å²) in [6.07, 6.45) is -0.671. The van der Waals surface area contributed by atoms with Gasteiger partial charge in [0.15, 0.2) is 6.10 Å². The number of anilines is 1. The second-order valence-electron chi connectivity index (χ2n) is 6.84. The minimum atomic E-state index is -0.671. The third-order valence-corrected chi connectivity index (χ3v) is 5.00. The van der Waals surface area contributed by atoms with E-state index in [0.29, 0.717) is 42.6 Å². The van der Waals surface area contributed by atoms with E-state index < -0.39 is 6.10 Å². The highest BCUT2D eigenvalue weighted by atomic mass is 35.5. The Morgan fingerprint density at radius 2 is 1.76 bits per heavy atom. The van der Waals surface area contributed by atoms with E-state index in [4.69, 9.17) is 16.3 Å². The van der Waals surface area contributed by atoms with Crippen LogP contribution >= 0.6 is 11.6 Å². The molecule has 0 aromatic heterocycles. The second kappa shape index (κ2) is 9.71. The Balaban J connectivity index is 1.44. The molecule has 1 aliphatic rings. The Morgan fingerprint density at radius 3 is 2.41 bits per heavy atom. The summed E-state index contributed by atoms with van der Waals surface area (Å²) < 4.78 is 18.6. The lowest BCUT2D eigenvalue weighted by atomic mass is 10.2. The van der Waals surface area contributed by atoms with E-state index in [-0.39, 0.29) is 24.2 Å². The fraction of sp³-hybridized carbons (Fsp3) is 0.333. The number of halogens is 2. The number of piperazine rings is 1. The molecule has 2 amide bonds. The summed E-state index contributed by atoms with van der Waals surface area (Å²) in [7, 11) is 0. The molecule has 154 valence electrons. The fourth-order valence-corrected chi connectivity index (χ4v) is 3.29. The normalized spacial score (nSPS) is 15.6. The molecule has 0 unspecified atom stereocenters. The van der Waals surface area contributed by atoms with Gasteiger partial charge in [-0.25, -0.2) is 4.39 Å². The van der Waals surface area contributed by atoms with Crippen molar-refractivity contribution in [2.75, 3.05) is 38.0 Å². The number of hydrogen-bond acceptors (Lipinski definition) is 4. The highest BCUT2D eigenvalue weighted by molar-refractivity contribution is 6.33. The first-order chi connectivity index (χ1) is 13.9. The molecule has 3 rings (SSSR count). The van der Waals surface area contributed by atoms with E-state index in [9.17, 15) is 14.0 Å². The predicted molar refractivity (Wildman–Crippen MR) is 110 cm³/mol. The lowest BCUT2D eigenvalue weighted by molar-refractivity contribution is -0.139. The molecular formula is C21H23ClFN3O3. The number of para-hydroxylation sites is 1. The third kappa shape index (κ3) is 5.92. The van der Waals surface area contributed by atoms with Crippen LogP contribution in [0.25, 0.3) is 0 Å². The van der Waals surface area contributed by atoms with Crippen LogP contribution in [0.3, 0.4) is 0 Å². The Labute approximate surface area is 174 Å². The molecule has 29 heavy (non-hydrogen) atoms. The average Bonchev–Trinajstić information content (AvgIpc) is 2.71. The molecule has 0 radical (unpaired) electrons. The zero-order valence-electron chi connectivity index (χ0n) is 16.1. The van der Waals surface area contributed by atoms with Crippen molar-refractivity contribution in [2.45, 2.75) is 13.0 Å². The smallest absolute Gasteiger partial charge is 0.263 e. The number of carbonyl (C=O) groups is 2. The van der Waals surface area contributed by atoms with Gasteiger partial charge in [-0.3, -0.25) is 14.5 Å². The largest absolute Gasteiger partial charge is 0.481 e. The van der Waals surface area contributed by atoms with Gasteiger partial charge >= 0.3 is 0 Å². The van der Waals surface area contributed by atoms with Crippen LogP contribution in [0.5, 0.6) is 5.75 Å². The molecule has 0 saturated carbocycles. The van der Waals surface area contributed by atoms with Gasteiger partial charge in [-0.2, -0.15) is 0 Å². The first kappa shape index (κ1) is 21.1. The second-order valence-corrected chi connectivity index (χ2v) is 7.25. The molecule has 1 atom stereocenters. The van der Waals surface area contributed by atoms with Crippen molar-refractivity contribution in [1.29, 1.82) is 0 Å². The van der Waals surface area contributed by atoms with Crippen LogP contribution in [0, 0.1) is 5.82 Å². The van der Waals surface area contributed by atoms with Crippen LogP contribution in [-0.4, -0.2) is 60.4 Å². The van der Waals surface area contributed by atoms with Gasteiger partial charge < -0.3 is 15.0 Å². The first-order valence-corrected chi connectivity index (χ1v) is 9.78. The van der Waals surface area contributed by atoms with Crippen LogP contribution < -0.4 is 10.1 Å². The van der Waals surface area contributed by atoms with Gasteiger partial charge in [0.25, 0.3) is 5.91 Å². The Bertz CT molecular complexity index is 855. The van der Waals surface area contributed by atoms with Gasteiger partial charge in [-0.1, -0.05) is 23.7 Å². The van der Waals surface area contributed by atoms with E-state index in [1.165, 1.54) is 24.3 Å². The lowest BCUT2D eigenvalue weighted by Crippen LogP contribution is -2.53. The van der Waals surface area contributed by atoms with Crippen LogP contribution in [0.1, 0.15) is 6.92 Å². The van der Waals surface area contributed by atoms with E-state index in [1.807, 2.05) is 4.90 Å². The number of benzene rings is 2. The SMILES string of the molecule is C[C@@H](Oc1ccc(F)cc1)C(=O)N1CCN(CC(=O)Nc2ccccc2Cl)CC1.